The Hall–Kier alpha value is -2.48. The Morgan fingerprint density at radius 3 is 2.57 bits per heavy atom. The maximum atomic E-state index is 13.0. The molecule has 0 bridgehead atoms. The molecule has 3 aromatic rings. The van der Waals surface area contributed by atoms with E-state index in [1.54, 1.807) is 4.90 Å². The van der Waals surface area contributed by atoms with Crippen LogP contribution in [0.2, 0.25) is 0 Å². The van der Waals surface area contributed by atoms with Gasteiger partial charge in [-0.15, -0.1) is 0 Å². The van der Waals surface area contributed by atoms with Crippen molar-refractivity contribution in [2.24, 2.45) is 0 Å². The minimum Gasteiger partial charge on any atom is -0.379 e. The third-order valence-electron chi connectivity index (χ3n) is 5.19. The van der Waals surface area contributed by atoms with E-state index >= 15 is 0 Å². The van der Waals surface area contributed by atoms with Gasteiger partial charge in [0.1, 0.15) is 10.9 Å². The Morgan fingerprint density at radius 2 is 1.80 bits per heavy atom. The number of morpholine rings is 1. The van der Waals surface area contributed by atoms with Gasteiger partial charge in [-0.05, 0) is 25.1 Å². The lowest BCUT2D eigenvalue weighted by Gasteiger charge is -2.26. The number of para-hydroxylation sites is 2. The van der Waals surface area contributed by atoms with Crippen molar-refractivity contribution in [3.8, 4) is 0 Å². The molecule has 4 rings (SSSR count). The Morgan fingerprint density at radius 1 is 1.10 bits per heavy atom. The zero-order chi connectivity index (χ0) is 20.9. The lowest BCUT2D eigenvalue weighted by atomic mass is 10.2. The smallest absolute Gasteiger partial charge is 0.239 e. The van der Waals surface area contributed by atoms with Crippen molar-refractivity contribution >= 4 is 34.3 Å². The average Bonchev–Trinajstić information content (AvgIpc) is 2.79. The molecule has 1 aliphatic rings. The highest BCUT2D eigenvalue weighted by atomic mass is 32.2. The second kappa shape index (κ2) is 9.55. The molecule has 0 radical (unpaired) electrons. The molecular weight excluding hydrogens is 396 g/mol. The summed E-state index contributed by atoms with van der Waals surface area (Å²) >= 11 is 1.49. The van der Waals surface area contributed by atoms with Crippen molar-refractivity contribution in [3.05, 3.63) is 60.4 Å². The lowest BCUT2D eigenvalue weighted by Crippen LogP contribution is -2.36. The van der Waals surface area contributed by atoms with E-state index < -0.39 is 0 Å². The van der Waals surface area contributed by atoms with Gasteiger partial charge in [0, 0.05) is 31.2 Å². The van der Waals surface area contributed by atoms with E-state index in [1.807, 2.05) is 68.6 Å². The lowest BCUT2D eigenvalue weighted by molar-refractivity contribution is -0.117. The molecule has 1 aliphatic heterocycles. The van der Waals surface area contributed by atoms with Crippen LogP contribution >= 0.6 is 11.8 Å². The molecule has 1 aromatic heterocycles. The van der Waals surface area contributed by atoms with Crippen LogP contribution in [-0.2, 0) is 16.1 Å². The number of thioether (sulfide) groups is 1. The summed E-state index contributed by atoms with van der Waals surface area (Å²) in [7, 11) is 1.82. The fourth-order valence-corrected chi connectivity index (χ4v) is 4.53. The summed E-state index contributed by atoms with van der Waals surface area (Å²) < 4.78 is 5.44. The average molecular weight is 423 g/mol. The zero-order valence-corrected chi connectivity index (χ0v) is 18.1. The topological polar surface area (TPSA) is 58.6 Å². The molecule has 6 nitrogen and oxygen atoms in total. The highest BCUT2D eigenvalue weighted by Crippen LogP contribution is 2.30. The highest BCUT2D eigenvalue weighted by Gasteiger charge is 2.22. The van der Waals surface area contributed by atoms with Gasteiger partial charge in [0.05, 0.1) is 30.5 Å². The number of anilines is 1. The van der Waals surface area contributed by atoms with E-state index in [1.165, 1.54) is 11.8 Å². The Balaban J connectivity index is 1.56. The van der Waals surface area contributed by atoms with Crippen molar-refractivity contribution in [3.63, 3.8) is 0 Å². The molecule has 1 saturated heterocycles. The van der Waals surface area contributed by atoms with Gasteiger partial charge in [-0.1, -0.05) is 48.2 Å². The quantitative estimate of drug-likeness (QED) is 0.447. The van der Waals surface area contributed by atoms with Crippen molar-refractivity contribution in [1.29, 1.82) is 0 Å². The molecule has 2 aromatic carbocycles. The van der Waals surface area contributed by atoms with Gasteiger partial charge in [-0.3, -0.25) is 9.69 Å². The number of benzene rings is 2. The number of hydrogen-bond donors (Lipinski definition) is 0. The Kier molecular flexibility index (Phi) is 6.62. The van der Waals surface area contributed by atoms with Crippen LogP contribution in [0.15, 0.2) is 59.6 Å². The largest absolute Gasteiger partial charge is 0.379 e. The Labute approximate surface area is 181 Å². The monoisotopic (exact) mass is 422 g/mol. The molecule has 0 aliphatic carbocycles. The molecule has 0 N–H and O–H groups in total. The van der Waals surface area contributed by atoms with E-state index in [0.29, 0.717) is 6.54 Å². The van der Waals surface area contributed by atoms with Gasteiger partial charge in [-0.2, -0.15) is 0 Å². The van der Waals surface area contributed by atoms with E-state index in [2.05, 4.69) is 4.90 Å². The number of ether oxygens (including phenoxy) is 1. The fourth-order valence-electron chi connectivity index (χ4n) is 3.48. The SMILES string of the molecule is CC(Sc1nc(CN2CCOCC2)nc2ccccc12)C(=O)N(C)c1ccccc1. The molecule has 0 spiro atoms. The predicted molar refractivity (Wildman–Crippen MR) is 121 cm³/mol. The van der Waals surface area contributed by atoms with Crippen molar-refractivity contribution in [1.82, 2.24) is 14.9 Å². The van der Waals surface area contributed by atoms with Crippen LogP contribution in [0.1, 0.15) is 12.7 Å². The third kappa shape index (κ3) is 4.80. The summed E-state index contributed by atoms with van der Waals surface area (Å²) in [5.41, 5.74) is 1.80. The van der Waals surface area contributed by atoms with Crippen LogP contribution in [-0.4, -0.2) is 59.4 Å². The summed E-state index contributed by atoms with van der Waals surface area (Å²) in [4.78, 5) is 26.6. The number of nitrogens with zero attached hydrogens (tertiary/aromatic N) is 4. The van der Waals surface area contributed by atoms with Crippen LogP contribution in [0.3, 0.4) is 0 Å². The fraction of sp³-hybridized carbons (Fsp3) is 0.348. The van der Waals surface area contributed by atoms with Gasteiger partial charge in [-0.25, -0.2) is 9.97 Å². The minimum absolute atomic E-state index is 0.0450. The first-order valence-corrected chi connectivity index (χ1v) is 11.0. The van der Waals surface area contributed by atoms with Crippen LogP contribution < -0.4 is 4.90 Å². The molecule has 1 fully saturated rings. The summed E-state index contributed by atoms with van der Waals surface area (Å²) in [5, 5.41) is 1.56. The van der Waals surface area contributed by atoms with E-state index in [9.17, 15) is 4.79 Å². The van der Waals surface area contributed by atoms with Crippen molar-refractivity contribution in [2.45, 2.75) is 23.7 Å². The molecule has 30 heavy (non-hydrogen) atoms. The first kappa shape index (κ1) is 20.8. The molecule has 156 valence electrons. The Bertz CT molecular complexity index is 1010. The maximum Gasteiger partial charge on any atom is 0.239 e. The number of hydrogen-bond acceptors (Lipinski definition) is 6. The molecule has 0 saturated carbocycles. The van der Waals surface area contributed by atoms with E-state index in [4.69, 9.17) is 14.7 Å². The first-order chi connectivity index (χ1) is 14.6. The van der Waals surface area contributed by atoms with Crippen LogP contribution in [0.4, 0.5) is 5.69 Å². The third-order valence-corrected chi connectivity index (χ3v) is 6.28. The van der Waals surface area contributed by atoms with Crippen LogP contribution in [0, 0.1) is 0 Å². The second-order valence-corrected chi connectivity index (χ2v) is 8.67. The predicted octanol–water partition coefficient (Wildman–Crippen LogP) is 3.61. The minimum atomic E-state index is -0.273. The standard InChI is InChI=1S/C23H26N4O2S/c1-17(23(28)26(2)18-8-4-3-5-9-18)30-22-19-10-6-7-11-20(19)24-21(25-22)16-27-12-14-29-15-13-27/h3-11,17H,12-16H2,1-2H3. The number of carbonyl (C=O) groups is 1. The normalized spacial score (nSPS) is 15.8. The van der Waals surface area contributed by atoms with Crippen LogP contribution in [0.5, 0.6) is 0 Å². The highest BCUT2D eigenvalue weighted by molar-refractivity contribution is 8.00. The molecule has 1 atom stereocenters. The summed E-state index contributed by atoms with van der Waals surface area (Å²) in [5.74, 6) is 0.831. The maximum absolute atomic E-state index is 13.0. The van der Waals surface area contributed by atoms with Gasteiger partial charge in [0.25, 0.3) is 0 Å². The van der Waals surface area contributed by atoms with Crippen molar-refractivity contribution < 1.29 is 9.53 Å². The van der Waals surface area contributed by atoms with Gasteiger partial charge in [0.2, 0.25) is 5.91 Å². The van der Waals surface area contributed by atoms with Crippen LogP contribution in [0.25, 0.3) is 10.9 Å². The number of amides is 1. The number of fused-ring (bicyclic) bond motifs is 1. The van der Waals surface area contributed by atoms with E-state index in [0.717, 1.165) is 53.7 Å². The molecule has 7 heteroatoms. The second-order valence-electron chi connectivity index (χ2n) is 7.34. The molecule has 1 unspecified atom stereocenters. The summed E-state index contributed by atoms with van der Waals surface area (Å²) in [6.07, 6.45) is 0. The molecular formula is C23H26N4O2S. The van der Waals surface area contributed by atoms with Gasteiger partial charge < -0.3 is 9.64 Å². The summed E-state index contributed by atoms with van der Waals surface area (Å²) in [6.45, 7) is 5.88. The summed E-state index contributed by atoms with van der Waals surface area (Å²) in [6, 6.07) is 17.7. The molecule has 2 heterocycles. The number of carbonyl (C=O) groups excluding carboxylic acids is 1. The number of rotatable bonds is 6. The van der Waals surface area contributed by atoms with Crippen molar-refractivity contribution in [2.75, 3.05) is 38.3 Å². The zero-order valence-electron chi connectivity index (χ0n) is 17.3. The van der Waals surface area contributed by atoms with E-state index in [-0.39, 0.29) is 11.2 Å². The van der Waals surface area contributed by atoms with Gasteiger partial charge >= 0.3 is 0 Å². The molecule has 1 amide bonds. The number of aromatic nitrogens is 2. The van der Waals surface area contributed by atoms with Gasteiger partial charge in [0.15, 0.2) is 0 Å². The first-order valence-electron chi connectivity index (χ1n) is 10.2.